The van der Waals surface area contributed by atoms with Crippen molar-refractivity contribution in [3.05, 3.63) is 65.6 Å². The zero-order chi connectivity index (χ0) is 20.5. The van der Waals surface area contributed by atoms with Crippen LogP contribution in [0.15, 0.2) is 48.8 Å². The number of carbonyl (C=O) groups excluding carboxylic acids is 1. The number of likely N-dealkylation sites (tertiary alicyclic amines) is 1. The van der Waals surface area contributed by atoms with Gasteiger partial charge in [-0.05, 0) is 36.6 Å². The SMILES string of the molecule is Cc1ccc2nc(COc3ccccc3C(=O)N3C[C@@H](C)[C@H](C(=O)O)C3)cn2c1. The van der Waals surface area contributed by atoms with Crippen LogP contribution in [-0.2, 0) is 11.4 Å². The van der Waals surface area contributed by atoms with E-state index in [1.807, 2.05) is 48.8 Å². The van der Waals surface area contributed by atoms with Crippen LogP contribution in [0.4, 0.5) is 0 Å². The molecule has 2 atom stereocenters. The first kappa shape index (κ1) is 19.0. The lowest BCUT2D eigenvalue weighted by Gasteiger charge is -2.18. The zero-order valence-electron chi connectivity index (χ0n) is 16.4. The van der Waals surface area contributed by atoms with E-state index in [0.717, 1.165) is 16.9 Å². The third-order valence-electron chi connectivity index (χ3n) is 5.36. The van der Waals surface area contributed by atoms with Gasteiger partial charge in [-0.1, -0.05) is 25.1 Å². The lowest BCUT2D eigenvalue weighted by atomic mass is 9.99. The highest BCUT2D eigenvalue weighted by molar-refractivity contribution is 5.97. The molecule has 150 valence electrons. The van der Waals surface area contributed by atoms with E-state index in [9.17, 15) is 14.7 Å². The number of carbonyl (C=O) groups is 2. The number of pyridine rings is 1. The molecule has 1 N–H and O–H groups in total. The second-order valence-corrected chi connectivity index (χ2v) is 7.62. The van der Waals surface area contributed by atoms with Gasteiger partial charge in [0.2, 0.25) is 0 Å². The van der Waals surface area contributed by atoms with Crippen LogP contribution in [0.2, 0.25) is 0 Å². The van der Waals surface area contributed by atoms with Gasteiger partial charge >= 0.3 is 5.97 Å². The molecule has 0 aliphatic carbocycles. The summed E-state index contributed by atoms with van der Waals surface area (Å²) in [7, 11) is 0. The van der Waals surface area contributed by atoms with Crippen LogP contribution >= 0.6 is 0 Å². The fourth-order valence-electron chi connectivity index (χ4n) is 3.77. The fraction of sp³-hybridized carbons (Fsp3) is 0.318. The molecule has 0 radical (unpaired) electrons. The maximum atomic E-state index is 13.0. The average Bonchev–Trinajstić information content (AvgIpc) is 3.28. The molecule has 1 aromatic carbocycles. The Morgan fingerprint density at radius 1 is 1.17 bits per heavy atom. The minimum absolute atomic E-state index is 0.0778. The summed E-state index contributed by atoms with van der Waals surface area (Å²) in [6.07, 6.45) is 3.91. The van der Waals surface area contributed by atoms with Gasteiger partial charge in [-0.15, -0.1) is 0 Å². The molecule has 3 heterocycles. The summed E-state index contributed by atoms with van der Waals surface area (Å²) in [6, 6.07) is 11.0. The Balaban J connectivity index is 1.50. The number of nitrogens with zero attached hydrogens (tertiary/aromatic N) is 3. The predicted molar refractivity (Wildman–Crippen MR) is 107 cm³/mol. The van der Waals surface area contributed by atoms with E-state index in [4.69, 9.17) is 4.74 Å². The first-order chi connectivity index (χ1) is 13.9. The van der Waals surface area contributed by atoms with Gasteiger partial charge in [0.15, 0.2) is 0 Å². The number of benzene rings is 1. The van der Waals surface area contributed by atoms with E-state index in [-0.39, 0.29) is 25.0 Å². The fourth-order valence-corrected chi connectivity index (χ4v) is 3.77. The molecule has 0 bridgehead atoms. The Hall–Kier alpha value is -3.35. The number of carboxylic acid groups (broad SMARTS) is 1. The quantitative estimate of drug-likeness (QED) is 0.720. The summed E-state index contributed by atoms with van der Waals surface area (Å²) in [5.74, 6) is -1.21. The normalized spacial score (nSPS) is 18.9. The van der Waals surface area contributed by atoms with Gasteiger partial charge in [-0.2, -0.15) is 0 Å². The second-order valence-electron chi connectivity index (χ2n) is 7.62. The topological polar surface area (TPSA) is 84.1 Å². The summed E-state index contributed by atoms with van der Waals surface area (Å²) in [4.78, 5) is 30.5. The Labute approximate surface area is 168 Å². The molecule has 7 nitrogen and oxygen atoms in total. The van der Waals surface area contributed by atoms with Gasteiger partial charge in [0.1, 0.15) is 18.0 Å². The number of imidazole rings is 1. The summed E-state index contributed by atoms with van der Waals surface area (Å²) < 4.78 is 7.87. The van der Waals surface area contributed by atoms with E-state index in [1.54, 1.807) is 23.1 Å². The van der Waals surface area contributed by atoms with Gasteiger partial charge in [-0.3, -0.25) is 9.59 Å². The van der Waals surface area contributed by atoms with Crippen molar-refractivity contribution >= 4 is 17.5 Å². The van der Waals surface area contributed by atoms with Crippen LogP contribution in [0.5, 0.6) is 5.75 Å². The number of hydrogen-bond acceptors (Lipinski definition) is 4. The van der Waals surface area contributed by atoms with Crippen molar-refractivity contribution in [3.63, 3.8) is 0 Å². The molecule has 7 heteroatoms. The molecule has 29 heavy (non-hydrogen) atoms. The number of aryl methyl sites for hydroxylation is 1. The highest BCUT2D eigenvalue weighted by atomic mass is 16.5. The molecule has 1 amide bonds. The van der Waals surface area contributed by atoms with Crippen molar-refractivity contribution in [2.45, 2.75) is 20.5 Å². The van der Waals surface area contributed by atoms with Crippen LogP contribution in [-0.4, -0.2) is 44.4 Å². The van der Waals surface area contributed by atoms with Gasteiger partial charge in [0, 0.05) is 25.5 Å². The van der Waals surface area contributed by atoms with Gasteiger partial charge < -0.3 is 19.1 Å². The largest absolute Gasteiger partial charge is 0.486 e. The van der Waals surface area contributed by atoms with Crippen molar-refractivity contribution in [2.24, 2.45) is 11.8 Å². The number of fused-ring (bicyclic) bond motifs is 1. The molecule has 2 aromatic heterocycles. The van der Waals surface area contributed by atoms with E-state index < -0.39 is 11.9 Å². The Kier molecular flexibility index (Phi) is 4.96. The lowest BCUT2D eigenvalue weighted by molar-refractivity contribution is -0.142. The summed E-state index contributed by atoms with van der Waals surface area (Å²) in [5, 5.41) is 9.32. The maximum Gasteiger partial charge on any atom is 0.308 e. The highest BCUT2D eigenvalue weighted by Gasteiger charge is 2.37. The monoisotopic (exact) mass is 393 g/mol. The Bertz CT molecular complexity index is 1070. The molecule has 1 aliphatic heterocycles. The van der Waals surface area contributed by atoms with E-state index in [0.29, 0.717) is 17.9 Å². The minimum Gasteiger partial charge on any atom is -0.486 e. The highest BCUT2D eigenvalue weighted by Crippen LogP contribution is 2.28. The Morgan fingerprint density at radius 3 is 2.72 bits per heavy atom. The molecule has 4 rings (SSSR count). The molecule has 3 aromatic rings. The Morgan fingerprint density at radius 2 is 1.97 bits per heavy atom. The molecular formula is C22H23N3O4. The van der Waals surface area contributed by atoms with Gasteiger partial charge in [0.25, 0.3) is 5.91 Å². The first-order valence-corrected chi connectivity index (χ1v) is 9.60. The summed E-state index contributed by atoms with van der Waals surface area (Å²) in [5.41, 5.74) is 3.17. The smallest absolute Gasteiger partial charge is 0.308 e. The van der Waals surface area contributed by atoms with Crippen LogP contribution < -0.4 is 4.74 Å². The van der Waals surface area contributed by atoms with Crippen molar-refractivity contribution in [3.8, 4) is 5.75 Å². The van der Waals surface area contributed by atoms with Crippen molar-refractivity contribution in [1.82, 2.24) is 14.3 Å². The van der Waals surface area contributed by atoms with E-state index >= 15 is 0 Å². The van der Waals surface area contributed by atoms with E-state index in [1.165, 1.54) is 0 Å². The predicted octanol–water partition coefficient (Wildman–Crippen LogP) is 3.01. The minimum atomic E-state index is -0.862. The van der Waals surface area contributed by atoms with Crippen molar-refractivity contribution in [1.29, 1.82) is 0 Å². The molecule has 0 spiro atoms. The number of ether oxygens (including phenoxy) is 1. The number of aliphatic carboxylic acids is 1. The molecular weight excluding hydrogens is 370 g/mol. The van der Waals surface area contributed by atoms with Crippen LogP contribution in [0.1, 0.15) is 28.5 Å². The standard InChI is InChI=1S/C22H23N3O4/c1-14-7-8-20-23-16(11-24(20)9-14)13-29-19-6-4-3-5-17(19)21(26)25-10-15(2)18(12-25)22(27)28/h3-9,11,15,18H,10,12-13H2,1-2H3,(H,27,28)/t15-,18-/m1/s1. The van der Waals surface area contributed by atoms with Gasteiger partial charge in [0.05, 0.1) is 17.2 Å². The number of carboxylic acids is 1. The third kappa shape index (κ3) is 3.81. The third-order valence-corrected chi connectivity index (χ3v) is 5.36. The van der Waals surface area contributed by atoms with Crippen molar-refractivity contribution < 1.29 is 19.4 Å². The molecule has 1 saturated heterocycles. The zero-order valence-corrected chi connectivity index (χ0v) is 16.4. The number of aromatic nitrogens is 2. The van der Waals surface area contributed by atoms with Crippen molar-refractivity contribution in [2.75, 3.05) is 13.1 Å². The first-order valence-electron chi connectivity index (χ1n) is 9.60. The van der Waals surface area contributed by atoms with E-state index in [2.05, 4.69) is 4.98 Å². The molecule has 0 unspecified atom stereocenters. The second kappa shape index (κ2) is 7.58. The van der Waals surface area contributed by atoms with Gasteiger partial charge in [-0.25, -0.2) is 4.98 Å². The van der Waals surface area contributed by atoms with Crippen LogP contribution in [0.3, 0.4) is 0 Å². The maximum absolute atomic E-state index is 13.0. The number of para-hydroxylation sites is 1. The molecule has 0 saturated carbocycles. The number of rotatable bonds is 5. The van der Waals surface area contributed by atoms with Crippen LogP contribution in [0.25, 0.3) is 5.65 Å². The number of amides is 1. The number of hydrogen-bond donors (Lipinski definition) is 1. The van der Waals surface area contributed by atoms with Crippen LogP contribution in [0, 0.1) is 18.8 Å². The molecule has 1 fully saturated rings. The summed E-state index contributed by atoms with van der Waals surface area (Å²) in [6.45, 7) is 4.76. The molecule has 1 aliphatic rings. The lowest BCUT2D eigenvalue weighted by Crippen LogP contribution is -2.30. The average molecular weight is 393 g/mol. The summed E-state index contributed by atoms with van der Waals surface area (Å²) >= 11 is 0.